The summed E-state index contributed by atoms with van der Waals surface area (Å²) in [7, 11) is -3.77. The molecule has 0 saturated heterocycles. The summed E-state index contributed by atoms with van der Waals surface area (Å²) in [5.74, 6) is 0. The van der Waals surface area contributed by atoms with Gasteiger partial charge in [0.1, 0.15) is 0 Å². The predicted octanol–water partition coefficient (Wildman–Crippen LogP) is 2.18. The number of phosphoric acid groups is 1. The number of rotatable bonds is 14. The molecule has 118 valence electrons. The van der Waals surface area contributed by atoms with Crippen molar-refractivity contribution in [3.05, 3.63) is 0 Å². The molecule has 0 radical (unpaired) electrons. The second kappa shape index (κ2) is 16.5. The van der Waals surface area contributed by atoms with Crippen LogP contribution in [0.25, 0.3) is 0 Å². The summed E-state index contributed by atoms with van der Waals surface area (Å²) in [6.45, 7) is 4.42. The first kappa shape index (κ1) is 23.4. The molecule has 0 aliphatic rings. The molecule has 0 aliphatic carbocycles. The first-order valence-corrected chi connectivity index (χ1v) is 9.23. The average Bonchev–Trinajstić information content (AvgIpc) is 2.36. The minimum Gasteiger partial charge on any atom is -1.00 e. The fourth-order valence-electron chi connectivity index (χ4n) is 1.97. The Labute approximate surface area is 148 Å². The molecule has 0 rings (SSSR count). The summed E-state index contributed by atoms with van der Waals surface area (Å²) >= 11 is 0. The SMILES string of the molecule is CCCCCCCCCCCCOP(=O)(O)OCC.[H-].[Na+]. The molecule has 0 saturated carbocycles. The van der Waals surface area contributed by atoms with Gasteiger partial charge >= 0.3 is 37.4 Å². The van der Waals surface area contributed by atoms with Crippen LogP contribution in [0.1, 0.15) is 79.5 Å². The van der Waals surface area contributed by atoms with Gasteiger partial charge in [-0.1, -0.05) is 64.7 Å². The molecular formula is C14H32NaO4P. The summed E-state index contributed by atoms with van der Waals surface area (Å²) in [5, 5.41) is 0. The molecule has 0 spiro atoms. The van der Waals surface area contributed by atoms with Crippen LogP contribution in [0.15, 0.2) is 0 Å². The molecule has 0 aromatic rings. The fourth-order valence-corrected chi connectivity index (χ4v) is 2.73. The van der Waals surface area contributed by atoms with E-state index in [1.807, 2.05) is 0 Å². The van der Waals surface area contributed by atoms with Gasteiger partial charge in [0.05, 0.1) is 13.2 Å². The van der Waals surface area contributed by atoms with E-state index in [9.17, 15) is 4.57 Å². The van der Waals surface area contributed by atoms with Gasteiger partial charge in [-0.25, -0.2) is 4.57 Å². The minimum atomic E-state index is -3.77. The maximum Gasteiger partial charge on any atom is 1.00 e. The van der Waals surface area contributed by atoms with Gasteiger partial charge in [-0.3, -0.25) is 9.05 Å². The Balaban J connectivity index is -0.00000162. The first-order chi connectivity index (χ1) is 9.12. The molecule has 6 heteroatoms. The average molecular weight is 318 g/mol. The van der Waals surface area contributed by atoms with Crippen molar-refractivity contribution in [3.63, 3.8) is 0 Å². The molecule has 0 aromatic carbocycles. The number of hydrogen-bond donors (Lipinski definition) is 1. The molecule has 4 nitrogen and oxygen atoms in total. The molecule has 1 atom stereocenters. The van der Waals surface area contributed by atoms with E-state index >= 15 is 0 Å². The second-order valence-corrected chi connectivity index (χ2v) is 6.36. The van der Waals surface area contributed by atoms with Crippen molar-refractivity contribution in [3.8, 4) is 0 Å². The van der Waals surface area contributed by atoms with Crippen molar-refractivity contribution in [1.82, 2.24) is 0 Å². The number of phosphoric ester groups is 1. The van der Waals surface area contributed by atoms with E-state index in [0.29, 0.717) is 6.61 Å². The van der Waals surface area contributed by atoms with E-state index in [4.69, 9.17) is 9.42 Å². The standard InChI is InChI=1S/C14H31O4P.Na.H/c1-3-5-6-7-8-9-10-11-12-13-14-18-19(15,16)17-4-2;;/h3-14H2,1-2H3,(H,15,16);;/q;+1;-1. The molecule has 0 bridgehead atoms. The van der Waals surface area contributed by atoms with Gasteiger partial charge in [-0.15, -0.1) is 0 Å². The van der Waals surface area contributed by atoms with Crippen LogP contribution >= 0.6 is 7.82 Å². The summed E-state index contributed by atoms with van der Waals surface area (Å²) < 4.78 is 20.6. The van der Waals surface area contributed by atoms with E-state index in [2.05, 4.69) is 11.4 Å². The maximum absolute atomic E-state index is 11.2. The van der Waals surface area contributed by atoms with Crippen molar-refractivity contribution in [2.45, 2.75) is 78.1 Å². The zero-order valence-electron chi connectivity index (χ0n) is 14.6. The summed E-state index contributed by atoms with van der Waals surface area (Å²) in [6, 6.07) is 0. The van der Waals surface area contributed by atoms with Crippen LogP contribution in [0.4, 0.5) is 0 Å². The Morgan fingerprint density at radius 3 is 1.75 bits per heavy atom. The minimum absolute atomic E-state index is 0. The third kappa shape index (κ3) is 17.2. The van der Waals surface area contributed by atoms with Gasteiger partial charge in [0.2, 0.25) is 0 Å². The van der Waals surface area contributed by atoms with Gasteiger partial charge < -0.3 is 6.32 Å². The quantitative estimate of drug-likeness (QED) is 0.303. The third-order valence-corrected chi connectivity index (χ3v) is 4.14. The van der Waals surface area contributed by atoms with Gasteiger partial charge in [-0.05, 0) is 13.3 Å². The zero-order valence-corrected chi connectivity index (χ0v) is 16.5. The Morgan fingerprint density at radius 1 is 0.850 bits per heavy atom. The predicted molar refractivity (Wildman–Crippen MR) is 80.4 cm³/mol. The van der Waals surface area contributed by atoms with E-state index < -0.39 is 7.82 Å². The third-order valence-electron chi connectivity index (χ3n) is 3.04. The van der Waals surface area contributed by atoms with Crippen LogP contribution in [-0.2, 0) is 13.6 Å². The van der Waals surface area contributed by atoms with E-state index in [1.54, 1.807) is 6.92 Å². The van der Waals surface area contributed by atoms with Crippen LogP contribution in [0, 0.1) is 0 Å². The Hall–Kier alpha value is 1.11. The van der Waals surface area contributed by atoms with Crippen LogP contribution in [-0.4, -0.2) is 18.1 Å². The topological polar surface area (TPSA) is 55.8 Å². The molecule has 0 heterocycles. The first-order valence-electron chi connectivity index (χ1n) is 7.74. The van der Waals surface area contributed by atoms with E-state index in [1.165, 1.54) is 51.4 Å². The molecule has 0 aliphatic heterocycles. The maximum atomic E-state index is 11.2. The normalized spacial score (nSPS) is 13.8. The molecule has 1 N–H and O–H groups in total. The fraction of sp³-hybridized carbons (Fsp3) is 1.00. The van der Waals surface area contributed by atoms with Crippen LogP contribution in [0.2, 0.25) is 0 Å². The van der Waals surface area contributed by atoms with Crippen molar-refractivity contribution < 1.29 is 49.5 Å². The van der Waals surface area contributed by atoms with Gasteiger partial charge in [0, 0.05) is 0 Å². The Morgan fingerprint density at radius 2 is 1.30 bits per heavy atom. The number of unbranched alkanes of at least 4 members (excludes halogenated alkanes) is 9. The van der Waals surface area contributed by atoms with Gasteiger partial charge in [-0.2, -0.15) is 0 Å². The zero-order chi connectivity index (χ0) is 14.4. The molecule has 0 fully saturated rings. The molecule has 0 amide bonds. The van der Waals surface area contributed by atoms with Crippen molar-refractivity contribution in [2.24, 2.45) is 0 Å². The van der Waals surface area contributed by atoms with E-state index in [-0.39, 0.29) is 37.6 Å². The van der Waals surface area contributed by atoms with Crippen molar-refractivity contribution in [1.29, 1.82) is 0 Å². The Bertz CT molecular complexity index is 245. The summed E-state index contributed by atoms with van der Waals surface area (Å²) in [4.78, 5) is 9.17. The Kier molecular flexibility index (Phi) is 19.3. The van der Waals surface area contributed by atoms with Crippen molar-refractivity contribution in [2.75, 3.05) is 13.2 Å². The second-order valence-electron chi connectivity index (χ2n) is 4.90. The van der Waals surface area contributed by atoms with Crippen LogP contribution in [0.3, 0.4) is 0 Å². The van der Waals surface area contributed by atoms with Crippen molar-refractivity contribution >= 4 is 7.82 Å². The van der Waals surface area contributed by atoms with E-state index in [0.717, 1.165) is 12.8 Å². The smallest absolute Gasteiger partial charge is 1.00 e. The van der Waals surface area contributed by atoms with Gasteiger partial charge in [0.15, 0.2) is 0 Å². The largest absolute Gasteiger partial charge is 1.00 e. The summed E-state index contributed by atoms with van der Waals surface area (Å²) in [5.41, 5.74) is 0. The van der Waals surface area contributed by atoms with Crippen LogP contribution in [0.5, 0.6) is 0 Å². The number of hydrogen-bond acceptors (Lipinski definition) is 3. The molecular weight excluding hydrogens is 286 g/mol. The molecule has 1 unspecified atom stereocenters. The summed E-state index contributed by atoms with van der Waals surface area (Å²) in [6.07, 6.45) is 12.4. The molecule has 0 aromatic heterocycles. The van der Waals surface area contributed by atoms with Crippen LogP contribution < -0.4 is 29.6 Å². The monoisotopic (exact) mass is 318 g/mol. The van der Waals surface area contributed by atoms with Gasteiger partial charge in [0.25, 0.3) is 0 Å². The molecule has 20 heavy (non-hydrogen) atoms.